The number of nitrogens with two attached hydrogens (primary N) is 1. The quantitative estimate of drug-likeness (QED) is 0.449. The van der Waals surface area contributed by atoms with Crippen LogP contribution in [0.3, 0.4) is 0 Å². The van der Waals surface area contributed by atoms with Crippen molar-refractivity contribution >= 4 is 11.7 Å². The molecule has 1 rings (SSSR count). The monoisotopic (exact) mass is 272 g/mol. The van der Waals surface area contributed by atoms with E-state index in [9.17, 15) is 4.79 Å². The third-order valence-corrected chi connectivity index (χ3v) is 2.59. The van der Waals surface area contributed by atoms with Crippen LogP contribution >= 0.6 is 0 Å². The standard InChI is InChI=1S/C13H16N6O/c1-2-3-11-8-10(9-12(17-11)18-16)13(20)19(6-4-14)7-5-15/h8-9H,2-3,6-7,16H2,1H3,(H,17,18). The number of pyridine rings is 1. The summed E-state index contributed by atoms with van der Waals surface area (Å²) in [6.45, 7) is 1.73. The molecule has 0 saturated heterocycles. The minimum atomic E-state index is -0.385. The van der Waals surface area contributed by atoms with Crippen LogP contribution in [0.25, 0.3) is 0 Å². The Hall–Kier alpha value is -2.64. The number of carbonyl (C=O) groups excluding carboxylic acids is 1. The van der Waals surface area contributed by atoms with E-state index in [-0.39, 0.29) is 19.0 Å². The van der Waals surface area contributed by atoms with Crippen LogP contribution in [0.2, 0.25) is 0 Å². The molecule has 0 bridgehead atoms. The highest BCUT2D eigenvalue weighted by Crippen LogP contribution is 2.13. The van der Waals surface area contributed by atoms with E-state index in [4.69, 9.17) is 16.4 Å². The number of nitrogen functional groups attached to an aromatic ring is 1. The van der Waals surface area contributed by atoms with Crippen LogP contribution in [0.4, 0.5) is 5.82 Å². The van der Waals surface area contributed by atoms with Crippen molar-refractivity contribution in [3.8, 4) is 12.1 Å². The maximum atomic E-state index is 12.3. The minimum Gasteiger partial charge on any atom is -0.312 e. The largest absolute Gasteiger partial charge is 0.312 e. The van der Waals surface area contributed by atoms with Gasteiger partial charge in [-0.3, -0.25) is 4.79 Å². The Morgan fingerprint density at radius 1 is 1.40 bits per heavy atom. The van der Waals surface area contributed by atoms with Crippen LogP contribution in [0.1, 0.15) is 29.4 Å². The van der Waals surface area contributed by atoms with Gasteiger partial charge in [0.05, 0.1) is 12.1 Å². The average molecular weight is 272 g/mol. The summed E-state index contributed by atoms with van der Waals surface area (Å²) in [7, 11) is 0. The number of anilines is 1. The van der Waals surface area contributed by atoms with Crippen molar-refractivity contribution in [2.75, 3.05) is 18.5 Å². The third kappa shape index (κ3) is 3.94. The molecule has 3 N–H and O–H groups in total. The zero-order chi connectivity index (χ0) is 15.0. The van der Waals surface area contributed by atoms with Gasteiger partial charge in [-0.15, -0.1) is 0 Å². The number of hydrogen-bond acceptors (Lipinski definition) is 6. The molecule has 0 radical (unpaired) electrons. The smallest absolute Gasteiger partial charge is 0.255 e. The lowest BCUT2D eigenvalue weighted by atomic mass is 10.1. The Morgan fingerprint density at radius 2 is 2.05 bits per heavy atom. The highest BCUT2D eigenvalue weighted by molar-refractivity contribution is 5.95. The van der Waals surface area contributed by atoms with Crippen LogP contribution in [0, 0.1) is 22.7 Å². The zero-order valence-corrected chi connectivity index (χ0v) is 11.3. The number of hydrazine groups is 1. The second-order valence-electron chi connectivity index (χ2n) is 4.10. The predicted octanol–water partition coefficient (Wildman–Crippen LogP) is 0.809. The van der Waals surface area contributed by atoms with E-state index in [1.54, 1.807) is 6.07 Å². The summed E-state index contributed by atoms with van der Waals surface area (Å²) in [6, 6.07) is 6.90. The Kier molecular flexibility index (Phi) is 5.95. The van der Waals surface area contributed by atoms with Crippen molar-refractivity contribution in [2.24, 2.45) is 5.84 Å². The molecule has 7 nitrogen and oxygen atoms in total. The maximum Gasteiger partial charge on any atom is 0.255 e. The van der Waals surface area contributed by atoms with E-state index in [0.717, 1.165) is 12.1 Å². The molecule has 7 heteroatoms. The first kappa shape index (κ1) is 15.4. The van der Waals surface area contributed by atoms with Gasteiger partial charge in [-0.25, -0.2) is 10.8 Å². The summed E-state index contributed by atoms with van der Waals surface area (Å²) in [5, 5.41) is 17.4. The predicted molar refractivity (Wildman–Crippen MR) is 73.2 cm³/mol. The third-order valence-electron chi connectivity index (χ3n) is 2.59. The van der Waals surface area contributed by atoms with Gasteiger partial charge in [0.1, 0.15) is 18.9 Å². The van der Waals surface area contributed by atoms with Crippen LogP contribution in [0.15, 0.2) is 12.1 Å². The molecule has 20 heavy (non-hydrogen) atoms. The van der Waals surface area contributed by atoms with Crippen LogP contribution in [0.5, 0.6) is 0 Å². The first-order valence-corrected chi connectivity index (χ1v) is 6.17. The fourth-order valence-electron chi connectivity index (χ4n) is 1.72. The van der Waals surface area contributed by atoms with E-state index in [0.29, 0.717) is 17.8 Å². The van der Waals surface area contributed by atoms with Crippen molar-refractivity contribution in [2.45, 2.75) is 19.8 Å². The highest BCUT2D eigenvalue weighted by atomic mass is 16.2. The number of nitriles is 2. The van der Waals surface area contributed by atoms with Crippen molar-refractivity contribution in [1.29, 1.82) is 10.5 Å². The Bertz CT molecular complexity index is 541. The van der Waals surface area contributed by atoms with E-state index < -0.39 is 0 Å². The lowest BCUT2D eigenvalue weighted by Gasteiger charge is -2.16. The van der Waals surface area contributed by atoms with Gasteiger partial charge < -0.3 is 10.3 Å². The zero-order valence-electron chi connectivity index (χ0n) is 11.3. The lowest BCUT2D eigenvalue weighted by molar-refractivity contribution is 0.0794. The van der Waals surface area contributed by atoms with Crippen LogP contribution in [-0.2, 0) is 6.42 Å². The second kappa shape index (κ2) is 7.72. The van der Waals surface area contributed by atoms with E-state index in [1.165, 1.54) is 11.0 Å². The molecule has 0 aliphatic carbocycles. The van der Waals surface area contributed by atoms with Gasteiger partial charge >= 0.3 is 0 Å². The molecule has 0 atom stereocenters. The SMILES string of the molecule is CCCc1cc(C(=O)N(CC#N)CC#N)cc(NN)n1. The Balaban J connectivity index is 3.10. The molecule has 1 heterocycles. The number of amides is 1. The molecule has 1 aromatic rings. The molecular formula is C13H16N6O. The average Bonchev–Trinajstić information content (AvgIpc) is 2.46. The summed E-state index contributed by atoms with van der Waals surface area (Å²) >= 11 is 0. The van der Waals surface area contributed by atoms with Crippen molar-refractivity contribution in [3.05, 3.63) is 23.4 Å². The summed E-state index contributed by atoms with van der Waals surface area (Å²) in [4.78, 5) is 17.7. The van der Waals surface area contributed by atoms with Crippen molar-refractivity contribution < 1.29 is 4.79 Å². The van der Waals surface area contributed by atoms with E-state index >= 15 is 0 Å². The van der Waals surface area contributed by atoms with Gasteiger partial charge in [0.2, 0.25) is 0 Å². The molecule has 0 saturated carbocycles. The molecule has 0 spiro atoms. The normalized spacial score (nSPS) is 9.40. The van der Waals surface area contributed by atoms with Gasteiger partial charge in [0, 0.05) is 11.3 Å². The number of aryl methyl sites for hydroxylation is 1. The summed E-state index contributed by atoms with van der Waals surface area (Å²) in [5.74, 6) is 5.33. The fraction of sp³-hybridized carbons (Fsp3) is 0.385. The van der Waals surface area contributed by atoms with Gasteiger partial charge in [-0.05, 0) is 18.6 Å². The molecule has 1 amide bonds. The Labute approximate surface area is 117 Å². The van der Waals surface area contributed by atoms with Gasteiger partial charge in [-0.2, -0.15) is 10.5 Å². The molecular weight excluding hydrogens is 256 g/mol. The number of rotatable bonds is 6. The Morgan fingerprint density at radius 3 is 2.55 bits per heavy atom. The van der Waals surface area contributed by atoms with Crippen LogP contribution in [-0.4, -0.2) is 28.9 Å². The molecule has 0 aromatic carbocycles. The lowest BCUT2D eigenvalue weighted by Crippen LogP contribution is -2.32. The maximum absolute atomic E-state index is 12.3. The number of carbonyl (C=O) groups is 1. The first-order valence-electron chi connectivity index (χ1n) is 6.17. The molecule has 104 valence electrons. The summed E-state index contributed by atoms with van der Waals surface area (Å²) < 4.78 is 0. The first-order chi connectivity index (χ1) is 9.65. The van der Waals surface area contributed by atoms with Gasteiger partial charge in [-0.1, -0.05) is 13.3 Å². The topological polar surface area (TPSA) is 119 Å². The van der Waals surface area contributed by atoms with Gasteiger partial charge in [0.25, 0.3) is 5.91 Å². The molecule has 0 aliphatic rings. The summed E-state index contributed by atoms with van der Waals surface area (Å²) in [5.41, 5.74) is 3.51. The molecule has 0 fully saturated rings. The van der Waals surface area contributed by atoms with E-state index in [1.807, 2.05) is 19.1 Å². The minimum absolute atomic E-state index is 0.136. The van der Waals surface area contributed by atoms with Crippen molar-refractivity contribution in [1.82, 2.24) is 9.88 Å². The number of hydrogen-bond donors (Lipinski definition) is 2. The molecule has 0 aliphatic heterocycles. The number of nitrogens with zero attached hydrogens (tertiary/aromatic N) is 4. The number of aromatic nitrogens is 1. The second-order valence-corrected chi connectivity index (χ2v) is 4.10. The number of nitrogens with one attached hydrogen (secondary N) is 1. The highest BCUT2D eigenvalue weighted by Gasteiger charge is 2.17. The molecule has 0 unspecified atom stereocenters. The van der Waals surface area contributed by atoms with Crippen LogP contribution < -0.4 is 11.3 Å². The summed E-state index contributed by atoms with van der Waals surface area (Å²) in [6.07, 6.45) is 1.60. The fourth-order valence-corrected chi connectivity index (χ4v) is 1.72. The van der Waals surface area contributed by atoms with Crippen molar-refractivity contribution in [3.63, 3.8) is 0 Å². The molecule has 1 aromatic heterocycles. The van der Waals surface area contributed by atoms with Gasteiger partial charge in [0.15, 0.2) is 0 Å². The van der Waals surface area contributed by atoms with E-state index in [2.05, 4.69) is 10.4 Å².